The number of ether oxygens (including phenoxy) is 2. The van der Waals surface area contributed by atoms with Crippen LogP contribution in [0.15, 0.2) is 60.7 Å². The second-order valence-electron chi connectivity index (χ2n) is 6.61. The number of fused-ring (bicyclic) bond motifs is 2. The maximum absolute atomic E-state index is 12.2. The fourth-order valence-corrected chi connectivity index (χ4v) is 3.23. The first-order chi connectivity index (χ1) is 14.1. The number of aliphatic hydroxyl groups is 1. The second-order valence-corrected chi connectivity index (χ2v) is 6.61. The first-order valence-corrected chi connectivity index (χ1v) is 9.26. The minimum Gasteiger partial charge on any atom is -0.486 e. The summed E-state index contributed by atoms with van der Waals surface area (Å²) in [4.78, 5) is 24.3. The van der Waals surface area contributed by atoms with E-state index in [1.807, 2.05) is 36.4 Å². The van der Waals surface area contributed by atoms with Crippen molar-refractivity contribution in [2.24, 2.45) is 0 Å². The number of rotatable bonds is 4. The zero-order chi connectivity index (χ0) is 20.2. The van der Waals surface area contributed by atoms with Gasteiger partial charge < -0.3 is 25.2 Å². The minimum absolute atomic E-state index is 0.0819. The Morgan fingerprint density at radius 1 is 0.931 bits per heavy atom. The van der Waals surface area contributed by atoms with Crippen LogP contribution in [0.2, 0.25) is 0 Å². The van der Waals surface area contributed by atoms with Crippen molar-refractivity contribution in [1.82, 2.24) is 5.32 Å². The van der Waals surface area contributed by atoms with Gasteiger partial charge in [-0.25, -0.2) is 0 Å². The summed E-state index contributed by atoms with van der Waals surface area (Å²) < 4.78 is 10.9. The van der Waals surface area contributed by atoms with Gasteiger partial charge in [-0.2, -0.15) is 0 Å². The predicted molar refractivity (Wildman–Crippen MR) is 108 cm³/mol. The Morgan fingerprint density at radius 3 is 2.55 bits per heavy atom. The number of benzene rings is 3. The summed E-state index contributed by atoms with van der Waals surface area (Å²) in [5.74, 6) is -0.552. The summed E-state index contributed by atoms with van der Waals surface area (Å²) >= 11 is 0. The van der Waals surface area contributed by atoms with Crippen LogP contribution in [0.1, 0.15) is 11.7 Å². The number of nitrogens with one attached hydrogen (secondary N) is 2. The predicted octanol–water partition coefficient (Wildman–Crippen LogP) is 2.40. The van der Waals surface area contributed by atoms with E-state index in [0.717, 1.165) is 10.8 Å². The van der Waals surface area contributed by atoms with Gasteiger partial charge in [0.2, 0.25) is 0 Å². The Kier molecular flexibility index (Phi) is 5.31. The van der Waals surface area contributed by atoms with Gasteiger partial charge in [-0.05, 0) is 28.5 Å². The van der Waals surface area contributed by atoms with Gasteiger partial charge in [0.25, 0.3) is 0 Å². The molecule has 1 atom stereocenters. The van der Waals surface area contributed by atoms with E-state index in [1.54, 1.807) is 24.3 Å². The molecule has 3 aromatic rings. The zero-order valence-electron chi connectivity index (χ0n) is 15.6. The Labute approximate surface area is 167 Å². The molecule has 3 N–H and O–H groups in total. The number of carbonyl (C=O) groups is 2. The first kappa shape index (κ1) is 18.8. The van der Waals surface area contributed by atoms with Crippen LogP contribution in [0, 0.1) is 0 Å². The molecule has 1 heterocycles. The van der Waals surface area contributed by atoms with Gasteiger partial charge in [0.15, 0.2) is 11.5 Å². The van der Waals surface area contributed by atoms with Crippen LogP contribution in [0.25, 0.3) is 10.8 Å². The minimum atomic E-state index is -0.938. The van der Waals surface area contributed by atoms with Crippen molar-refractivity contribution in [3.63, 3.8) is 0 Å². The van der Waals surface area contributed by atoms with Crippen LogP contribution < -0.4 is 20.1 Å². The maximum Gasteiger partial charge on any atom is 0.313 e. The molecular formula is C22H20N2O5. The highest BCUT2D eigenvalue weighted by Gasteiger charge is 2.18. The second kappa shape index (κ2) is 8.20. The molecule has 0 fully saturated rings. The standard InChI is InChI=1S/C22H20N2O5/c25-18(17-7-3-5-14-4-1-2-6-16(14)17)13-23-21(26)22(27)24-15-8-9-19-20(12-15)29-11-10-28-19/h1-9,12,18,25H,10-11,13H2,(H,23,26)(H,24,27)/t18-/m0/s1. The Hall–Kier alpha value is -3.58. The first-order valence-electron chi connectivity index (χ1n) is 9.26. The van der Waals surface area contributed by atoms with E-state index in [4.69, 9.17) is 9.47 Å². The van der Waals surface area contributed by atoms with Gasteiger partial charge in [-0.15, -0.1) is 0 Å². The normalized spacial score (nSPS) is 13.6. The number of anilines is 1. The molecule has 0 saturated carbocycles. The highest BCUT2D eigenvalue weighted by Crippen LogP contribution is 2.32. The smallest absolute Gasteiger partial charge is 0.313 e. The van der Waals surface area contributed by atoms with Gasteiger partial charge in [0.1, 0.15) is 13.2 Å². The summed E-state index contributed by atoms with van der Waals surface area (Å²) in [5.41, 5.74) is 1.11. The third-order valence-corrected chi connectivity index (χ3v) is 4.64. The summed E-state index contributed by atoms with van der Waals surface area (Å²) in [6.07, 6.45) is -0.938. The number of hydrogen-bond acceptors (Lipinski definition) is 5. The number of aliphatic hydroxyl groups excluding tert-OH is 1. The van der Waals surface area contributed by atoms with Crippen molar-refractivity contribution >= 4 is 28.3 Å². The molecule has 0 saturated heterocycles. The van der Waals surface area contributed by atoms with Crippen LogP contribution in [-0.4, -0.2) is 36.7 Å². The van der Waals surface area contributed by atoms with E-state index in [1.165, 1.54) is 0 Å². The molecule has 7 heteroatoms. The van der Waals surface area contributed by atoms with Crippen LogP contribution in [-0.2, 0) is 9.59 Å². The zero-order valence-corrected chi connectivity index (χ0v) is 15.6. The largest absolute Gasteiger partial charge is 0.486 e. The molecule has 29 heavy (non-hydrogen) atoms. The summed E-state index contributed by atoms with van der Waals surface area (Å²) in [6, 6.07) is 18.2. The SMILES string of the molecule is O=C(NC[C@H](O)c1cccc2ccccc12)C(=O)Nc1ccc2c(c1)OCCO2. The third kappa shape index (κ3) is 4.14. The van der Waals surface area contributed by atoms with Crippen molar-refractivity contribution in [3.8, 4) is 11.5 Å². The molecule has 0 bridgehead atoms. The molecule has 0 aromatic heterocycles. The van der Waals surface area contributed by atoms with Crippen LogP contribution in [0.3, 0.4) is 0 Å². The lowest BCUT2D eigenvalue weighted by atomic mass is 10.0. The molecule has 2 amide bonds. The molecule has 1 aliphatic heterocycles. The summed E-state index contributed by atoms with van der Waals surface area (Å²) in [5, 5.41) is 17.4. The van der Waals surface area contributed by atoms with Crippen LogP contribution >= 0.6 is 0 Å². The van der Waals surface area contributed by atoms with E-state index >= 15 is 0 Å². The number of amides is 2. The van der Waals surface area contributed by atoms with E-state index in [9.17, 15) is 14.7 Å². The van der Waals surface area contributed by atoms with E-state index in [-0.39, 0.29) is 6.54 Å². The maximum atomic E-state index is 12.2. The number of hydrogen-bond donors (Lipinski definition) is 3. The Morgan fingerprint density at radius 2 is 1.69 bits per heavy atom. The molecule has 0 spiro atoms. The lowest BCUT2D eigenvalue weighted by molar-refractivity contribution is -0.136. The van der Waals surface area contributed by atoms with Gasteiger partial charge in [0.05, 0.1) is 6.10 Å². The Bertz CT molecular complexity index is 1060. The lowest BCUT2D eigenvalue weighted by Gasteiger charge is -2.19. The van der Waals surface area contributed by atoms with Crippen LogP contribution in [0.5, 0.6) is 11.5 Å². The van der Waals surface area contributed by atoms with Gasteiger partial charge in [-0.1, -0.05) is 42.5 Å². The third-order valence-electron chi connectivity index (χ3n) is 4.64. The van der Waals surface area contributed by atoms with Gasteiger partial charge >= 0.3 is 11.8 Å². The fourth-order valence-electron chi connectivity index (χ4n) is 3.23. The average molecular weight is 392 g/mol. The van der Waals surface area contributed by atoms with E-state index < -0.39 is 17.9 Å². The molecule has 1 aliphatic rings. The average Bonchev–Trinajstić information content (AvgIpc) is 2.76. The van der Waals surface area contributed by atoms with Crippen molar-refractivity contribution in [1.29, 1.82) is 0 Å². The molecule has 148 valence electrons. The topological polar surface area (TPSA) is 96.9 Å². The fraction of sp³-hybridized carbons (Fsp3) is 0.182. The lowest BCUT2D eigenvalue weighted by Crippen LogP contribution is -2.37. The quantitative estimate of drug-likeness (QED) is 0.593. The Balaban J connectivity index is 1.37. The molecule has 4 rings (SSSR count). The van der Waals surface area contributed by atoms with E-state index in [0.29, 0.717) is 36.0 Å². The molecule has 0 unspecified atom stereocenters. The molecule has 7 nitrogen and oxygen atoms in total. The summed E-state index contributed by atoms with van der Waals surface area (Å²) in [7, 11) is 0. The van der Waals surface area contributed by atoms with Crippen LogP contribution in [0.4, 0.5) is 5.69 Å². The van der Waals surface area contributed by atoms with Crippen molar-refractivity contribution in [2.75, 3.05) is 25.1 Å². The van der Waals surface area contributed by atoms with Crippen molar-refractivity contribution < 1.29 is 24.2 Å². The highest BCUT2D eigenvalue weighted by molar-refractivity contribution is 6.39. The van der Waals surface area contributed by atoms with Gasteiger partial charge in [0, 0.05) is 18.3 Å². The van der Waals surface area contributed by atoms with Gasteiger partial charge in [-0.3, -0.25) is 9.59 Å². The molecule has 0 aliphatic carbocycles. The molecule has 0 radical (unpaired) electrons. The van der Waals surface area contributed by atoms with Crippen molar-refractivity contribution in [2.45, 2.75) is 6.10 Å². The molecular weight excluding hydrogens is 372 g/mol. The summed E-state index contributed by atoms with van der Waals surface area (Å²) in [6.45, 7) is 0.818. The van der Waals surface area contributed by atoms with Crippen molar-refractivity contribution in [3.05, 3.63) is 66.2 Å². The number of carbonyl (C=O) groups excluding carboxylic acids is 2. The monoisotopic (exact) mass is 392 g/mol. The highest BCUT2D eigenvalue weighted by atomic mass is 16.6. The van der Waals surface area contributed by atoms with E-state index in [2.05, 4.69) is 10.6 Å². The molecule has 3 aromatic carbocycles.